The fourth-order valence-corrected chi connectivity index (χ4v) is 1.37. The predicted octanol–water partition coefficient (Wildman–Crippen LogP) is 0.943. The second-order valence-electron chi connectivity index (χ2n) is 3.17. The number of aromatic nitrogens is 3. The van der Waals surface area contributed by atoms with Gasteiger partial charge >= 0.3 is 0 Å². The highest BCUT2D eigenvalue weighted by Gasteiger charge is 2.06. The summed E-state index contributed by atoms with van der Waals surface area (Å²) in [5, 5.41) is 19.6. The van der Waals surface area contributed by atoms with Gasteiger partial charge in [-0.15, -0.1) is 10.2 Å². The molecule has 0 saturated carbocycles. The molecule has 2 N–H and O–H groups in total. The van der Waals surface area contributed by atoms with E-state index in [1.54, 1.807) is 0 Å². The third-order valence-electron chi connectivity index (χ3n) is 2.07. The van der Waals surface area contributed by atoms with Gasteiger partial charge in [0, 0.05) is 12.1 Å². The lowest BCUT2D eigenvalue weighted by atomic mass is 10.1. The quantitative estimate of drug-likeness (QED) is 0.796. The molecule has 0 amide bonds. The number of nitrogens with one attached hydrogen (secondary N) is 1. The van der Waals surface area contributed by atoms with Crippen LogP contribution in [0.15, 0.2) is 36.7 Å². The number of aliphatic hydroxyl groups excluding tert-OH is 1. The number of aliphatic hydroxyl groups is 1. The van der Waals surface area contributed by atoms with Crippen LogP contribution < -0.4 is 5.32 Å². The van der Waals surface area contributed by atoms with Gasteiger partial charge < -0.3 is 10.4 Å². The van der Waals surface area contributed by atoms with Gasteiger partial charge in [0.15, 0.2) is 5.82 Å². The number of anilines is 1. The summed E-state index contributed by atoms with van der Waals surface area (Å²) >= 11 is 0. The molecule has 16 heavy (non-hydrogen) atoms. The first kappa shape index (κ1) is 10.5. The van der Waals surface area contributed by atoms with Crippen molar-refractivity contribution in [3.63, 3.8) is 0 Å². The zero-order chi connectivity index (χ0) is 11.2. The maximum absolute atomic E-state index is 8.76. The Hall–Kier alpha value is -2.01. The Morgan fingerprint density at radius 2 is 2.00 bits per heavy atom. The van der Waals surface area contributed by atoms with Crippen molar-refractivity contribution < 1.29 is 5.11 Å². The van der Waals surface area contributed by atoms with E-state index in [0.717, 1.165) is 5.56 Å². The summed E-state index contributed by atoms with van der Waals surface area (Å²) in [6.45, 7) is 0.497. The maximum Gasteiger partial charge on any atom is 0.156 e. The minimum atomic E-state index is 0.0538. The Balaban J connectivity index is 2.33. The van der Waals surface area contributed by atoms with Crippen LogP contribution in [0.5, 0.6) is 0 Å². The summed E-state index contributed by atoms with van der Waals surface area (Å²) in [4.78, 5) is 4.10. The third kappa shape index (κ3) is 2.32. The van der Waals surface area contributed by atoms with Gasteiger partial charge in [0.25, 0.3) is 0 Å². The van der Waals surface area contributed by atoms with Gasteiger partial charge in [-0.1, -0.05) is 30.3 Å². The van der Waals surface area contributed by atoms with Crippen LogP contribution in [0.3, 0.4) is 0 Å². The molecule has 82 valence electrons. The predicted molar refractivity (Wildman–Crippen MR) is 60.8 cm³/mol. The smallest absolute Gasteiger partial charge is 0.156 e. The maximum atomic E-state index is 8.76. The Morgan fingerprint density at radius 1 is 1.19 bits per heavy atom. The third-order valence-corrected chi connectivity index (χ3v) is 2.07. The van der Waals surface area contributed by atoms with E-state index in [9.17, 15) is 0 Å². The molecule has 0 aliphatic carbocycles. The lowest BCUT2D eigenvalue weighted by Crippen LogP contribution is -2.09. The number of nitrogens with zero attached hydrogens (tertiary/aromatic N) is 3. The Labute approximate surface area is 93.2 Å². The molecule has 0 radical (unpaired) electrons. The van der Waals surface area contributed by atoms with Crippen molar-refractivity contribution in [1.82, 2.24) is 15.2 Å². The molecule has 0 atom stereocenters. The molecule has 1 heterocycles. The first-order chi connectivity index (χ1) is 7.92. The molecule has 1 aromatic carbocycles. The normalized spacial score (nSPS) is 10.1. The fourth-order valence-electron chi connectivity index (χ4n) is 1.37. The second-order valence-corrected chi connectivity index (χ2v) is 3.17. The van der Waals surface area contributed by atoms with E-state index >= 15 is 0 Å². The summed E-state index contributed by atoms with van der Waals surface area (Å²) in [5.74, 6) is 0.634. The largest absolute Gasteiger partial charge is 0.395 e. The van der Waals surface area contributed by atoms with E-state index in [-0.39, 0.29) is 6.61 Å². The van der Waals surface area contributed by atoms with Crippen molar-refractivity contribution in [2.24, 2.45) is 0 Å². The van der Waals surface area contributed by atoms with Crippen LogP contribution in [0.2, 0.25) is 0 Å². The van der Waals surface area contributed by atoms with E-state index in [2.05, 4.69) is 20.5 Å². The van der Waals surface area contributed by atoms with Gasteiger partial charge in [0.2, 0.25) is 0 Å². The number of hydrogen-bond donors (Lipinski definition) is 2. The van der Waals surface area contributed by atoms with Crippen molar-refractivity contribution in [3.05, 3.63) is 36.7 Å². The van der Waals surface area contributed by atoms with E-state index in [4.69, 9.17) is 5.11 Å². The lowest BCUT2D eigenvalue weighted by molar-refractivity contribution is 0.311. The summed E-state index contributed by atoms with van der Waals surface area (Å²) in [7, 11) is 0. The van der Waals surface area contributed by atoms with Crippen molar-refractivity contribution in [1.29, 1.82) is 0 Å². The van der Waals surface area contributed by atoms with Crippen LogP contribution in [-0.4, -0.2) is 33.4 Å². The highest BCUT2D eigenvalue weighted by molar-refractivity contribution is 5.70. The summed E-state index contributed by atoms with van der Waals surface area (Å²) in [6.07, 6.45) is 1.38. The highest BCUT2D eigenvalue weighted by Crippen LogP contribution is 2.21. The van der Waals surface area contributed by atoms with Crippen molar-refractivity contribution in [2.45, 2.75) is 0 Å². The van der Waals surface area contributed by atoms with Gasteiger partial charge in [0.05, 0.1) is 6.61 Å². The minimum absolute atomic E-state index is 0.0538. The molecule has 5 heteroatoms. The summed E-state index contributed by atoms with van der Waals surface area (Å²) in [5.41, 5.74) is 1.64. The SMILES string of the molecule is OCCNc1ncnnc1-c1ccccc1. The van der Waals surface area contributed by atoms with Crippen molar-refractivity contribution in [2.75, 3.05) is 18.5 Å². The molecule has 5 nitrogen and oxygen atoms in total. The van der Waals surface area contributed by atoms with Gasteiger partial charge in [-0.05, 0) is 0 Å². The van der Waals surface area contributed by atoms with Crippen molar-refractivity contribution in [3.8, 4) is 11.3 Å². The number of benzene rings is 1. The molecule has 0 saturated heterocycles. The van der Waals surface area contributed by atoms with Crippen molar-refractivity contribution >= 4 is 5.82 Å². The molecule has 0 fully saturated rings. The fraction of sp³-hybridized carbons (Fsp3) is 0.182. The van der Waals surface area contributed by atoms with Crippen LogP contribution in [0.1, 0.15) is 0 Å². The average Bonchev–Trinajstić information content (AvgIpc) is 2.38. The topological polar surface area (TPSA) is 70.9 Å². The zero-order valence-electron chi connectivity index (χ0n) is 8.67. The molecule has 2 aromatic rings. The molecular formula is C11H12N4O. The van der Waals surface area contributed by atoms with Gasteiger partial charge in [-0.25, -0.2) is 4.98 Å². The first-order valence-electron chi connectivity index (χ1n) is 4.99. The Morgan fingerprint density at radius 3 is 2.75 bits per heavy atom. The molecule has 2 rings (SSSR count). The summed E-state index contributed by atoms with van der Waals surface area (Å²) in [6, 6.07) is 9.68. The van der Waals surface area contributed by atoms with Gasteiger partial charge in [-0.3, -0.25) is 0 Å². The summed E-state index contributed by atoms with van der Waals surface area (Å²) < 4.78 is 0. The van der Waals surface area contributed by atoms with E-state index < -0.39 is 0 Å². The van der Waals surface area contributed by atoms with Crippen LogP contribution in [0.4, 0.5) is 5.82 Å². The molecule has 0 aliphatic heterocycles. The van der Waals surface area contributed by atoms with Crippen LogP contribution in [0.25, 0.3) is 11.3 Å². The first-order valence-corrected chi connectivity index (χ1v) is 4.99. The Kier molecular flexibility index (Phi) is 3.40. The average molecular weight is 216 g/mol. The number of hydrogen-bond acceptors (Lipinski definition) is 5. The van der Waals surface area contributed by atoms with Gasteiger partial charge in [-0.2, -0.15) is 0 Å². The zero-order valence-corrected chi connectivity index (χ0v) is 8.67. The van der Waals surface area contributed by atoms with E-state index in [0.29, 0.717) is 18.1 Å². The lowest BCUT2D eigenvalue weighted by Gasteiger charge is -2.07. The molecule has 0 spiro atoms. The Bertz CT molecular complexity index is 447. The molecule has 0 unspecified atom stereocenters. The number of rotatable bonds is 4. The highest BCUT2D eigenvalue weighted by atomic mass is 16.3. The molecular weight excluding hydrogens is 204 g/mol. The van der Waals surface area contributed by atoms with E-state index in [1.165, 1.54) is 6.33 Å². The standard InChI is InChI=1S/C11H12N4O/c16-7-6-12-11-10(15-14-8-13-11)9-4-2-1-3-5-9/h1-5,8,16H,6-7H2,(H,12,13,14). The molecule has 1 aromatic heterocycles. The molecule has 0 aliphatic rings. The van der Waals surface area contributed by atoms with E-state index in [1.807, 2.05) is 30.3 Å². The van der Waals surface area contributed by atoms with Gasteiger partial charge in [0.1, 0.15) is 12.0 Å². The van der Waals surface area contributed by atoms with Crippen LogP contribution >= 0.6 is 0 Å². The van der Waals surface area contributed by atoms with Crippen LogP contribution in [-0.2, 0) is 0 Å². The molecule has 0 bridgehead atoms. The minimum Gasteiger partial charge on any atom is -0.395 e. The van der Waals surface area contributed by atoms with Crippen LogP contribution in [0, 0.1) is 0 Å². The monoisotopic (exact) mass is 216 g/mol. The second kappa shape index (κ2) is 5.18.